The summed E-state index contributed by atoms with van der Waals surface area (Å²) in [6.45, 7) is 0. The van der Waals surface area contributed by atoms with Gasteiger partial charge in [-0.15, -0.1) is 11.3 Å². The van der Waals surface area contributed by atoms with Gasteiger partial charge >= 0.3 is 0 Å². The van der Waals surface area contributed by atoms with Crippen LogP contribution in [-0.2, 0) is 11.2 Å². The van der Waals surface area contributed by atoms with E-state index in [1.54, 1.807) is 32.4 Å². The lowest BCUT2D eigenvalue weighted by molar-refractivity contribution is -0.115. The van der Waals surface area contributed by atoms with Crippen molar-refractivity contribution in [3.05, 3.63) is 64.2 Å². The number of nitrogens with one attached hydrogen (secondary N) is 1. The molecule has 2 aromatic heterocycles. The normalized spacial score (nSPS) is 10.9. The number of rotatable bonds is 6. The standard InChI is InChI=1S/C21H18BrN3O3S/c1-27-18-7-6-15(9-19(18)28-2)23-20(26)10-16-12-29-21-24-17(11-25(16)21)13-4-3-5-14(22)8-13/h3-9,11-12H,10H2,1-2H3,(H,23,26). The Morgan fingerprint density at radius 2 is 2.00 bits per heavy atom. The van der Waals surface area contributed by atoms with Crippen molar-refractivity contribution in [2.45, 2.75) is 6.42 Å². The monoisotopic (exact) mass is 471 g/mol. The number of methoxy groups -OCH3 is 2. The topological polar surface area (TPSA) is 64.9 Å². The van der Waals surface area contributed by atoms with E-state index in [4.69, 9.17) is 9.47 Å². The molecule has 8 heteroatoms. The molecule has 0 radical (unpaired) electrons. The SMILES string of the molecule is COc1ccc(NC(=O)Cc2csc3nc(-c4cccc(Br)c4)cn23)cc1OC. The fourth-order valence-electron chi connectivity index (χ4n) is 3.03. The number of thiazole rings is 1. The van der Waals surface area contributed by atoms with E-state index in [9.17, 15) is 4.79 Å². The second-order valence-electron chi connectivity index (χ2n) is 6.31. The third-order valence-electron chi connectivity index (χ3n) is 4.41. The van der Waals surface area contributed by atoms with Crippen molar-refractivity contribution in [1.82, 2.24) is 9.38 Å². The van der Waals surface area contributed by atoms with Crippen LogP contribution in [0.15, 0.2) is 58.5 Å². The number of amides is 1. The number of halogens is 1. The minimum atomic E-state index is -0.116. The molecule has 0 bridgehead atoms. The van der Waals surface area contributed by atoms with Gasteiger partial charge in [-0.1, -0.05) is 28.1 Å². The van der Waals surface area contributed by atoms with E-state index in [0.29, 0.717) is 17.2 Å². The van der Waals surface area contributed by atoms with E-state index in [1.165, 1.54) is 11.3 Å². The Bertz CT molecular complexity index is 1190. The summed E-state index contributed by atoms with van der Waals surface area (Å²) in [6.07, 6.45) is 2.20. The highest BCUT2D eigenvalue weighted by Crippen LogP contribution is 2.30. The van der Waals surface area contributed by atoms with Crippen molar-refractivity contribution < 1.29 is 14.3 Å². The Kier molecular flexibility index (Phi) is 5.55. The van der Waals surface area contributed by atoms with Crippen LogP contribution in [0.5, 0.6) is 11.5 Å². The molecule has 4 aromatic rings. The van der Waals surface area contributed by atoms with Crippen LogP contribution in [0.3, 0.4) is 0 Å². The maximum absolute atomic E-state index is 12.6. The van der Waals surface area contributed by atoms with Crippen LogP contribution in [0.25, 0.3) is 16.2 Å². The zero-order valence-electron chi connectivity index (χ0n) is 15.8. The van der Waals surface area contributed by atoms with Crippen molar-refractivity contribution in [3.63, 3.8) is 0 Å². The van der Waals surface area contributed by atoms with Gasteiger partial charge in [-0.05, 0) is 24.3 Å². The number of benzene rings is 2. The molecule has 1 N–H and O–H groups in total. The molecule has 2 heterocycles. The van der Waals surface area contributed by atoms with Gasteiger partial charge in [0.1, 0.15) is 0 Å². The summed E-state index contributed by atoms with van der Waals surface area (Å²) in [7, 11) is 3.14. The Hall–Kier alpha value is -2.84. The molecule has 0 fully saturated rings. The quantitative estimate of drug-likeness (QED) is 0.428. The molecule has 0 saturated heterocycles. The van der Waals surface area contributed by atoms with Crippen molar-refractivity contribution in [2.75, 3.05) is 19.5 Å². The molecule has 0 aliphatic rings. The number of imidazole rings is 1. The van der Waals surface area contributed by atoms with Crippen LogP contribution in [0.1, 0.15) is 5.69 Å². The molecule has 29 heavy (non-hydrogen) atoms. The first-order valence-corrected chi connectivity index (χ1v) is 10.5. The smallest absolute Gasteiger partial charge is 0.230 e. The molecular formula is C21H18BrN3O3S. The van der Waals surface area contributed by atoms with Gasteiger partial charge in [0, 0.05) is 39.1 Å². The van der Waals surface area contributed by atoms with Gasteiger partial charge in [-0.3, -0.25) is 9.20 Å². The molecule has 2 aromatic carbocycles. The highest BCUT2D eigenvalue weighted by atomic mass is 79.9. The number of hydrogen-bond donors (Lipinski definition) is 1. The van der Waals surface area contributed by atoms with Crippen molar-refractivity contribution >= 4 is 43.8 Å². The lowest BCUT2D eigenvalue weighted by Gasteiger charge is -2.10. The Balaban J connectivity index is 1.53. The van der Waals surface area contributed by atoms with Crippen molar-refractivity contribution in [2.24, 2.45) is 0 Å². The molecule has 6 nitrogen and oxygen atoms in total. The number of anilines is 1. The first-order chi connectivity index (χ1) is 14.1. The summed E-state index contributed by atoms with van der Waals surface area (Å²) >= 11 is 5.01. The number of nitrogens with zero attached hydrogens (tertiary/aromatic N) is 2. The highest BCUT2D eigenvalue weighted by molar-refractivity contribution is 9.10. The largest absolute Gasteiger partial charge is 0.493 e. The second-order valence-corrected chi connectivity index (χ2v) is 8.06. The van der Waals surface area contributed by atoms with Crippen LogP contribution < -0.4 is 14.8 Å². The average molecular weight is 472 g/mol. The first-order valence-electron chi connectivity index (χ1n) is 8.80. The molecule has 0 unspecified atom stereocenters. The predicted octanol–water partition coefficient (Wildman–Crippen LogP) is 5.02. The van der Waals surface area contributed by atoms with E-state index in [1.807, 2.05) is 40.2 Å². The number of hydrogen-bond acceptors (Lipinski definition) is 5. The fraction of sp³-hybridized carbons (Fsp3) is 0.143. The van der Waals surface area contributed by atoms with Gasteiger partial charge in [0.05, 0.1) is 26.3 Å². The summed E-state index contributed by atoms with van der Waals surface area (Å²) in [6, 6.07) is 13.3. The zero-order valence-corrected chi connectivity index (χ0v) is 18.2. The molecule has 4 rings (SSSR count). The van der Waals surface area contributed by atoms with Gasteiger partial charge in [-0.25, -0.2) is 4.98 Å². The van der Waals surface area contributed by atoms with Gasteiger partial charge < -0.3 is 14.8 Å². The minimum absolute atomic E-state index is 0.116. The van der Waals surface area contributed by atoms with E-state index in [2.05, 4.69) is 26.2 Å². The van der Waals surface area contributed by atoms with Gasteiger partial charge in [-0.2, -0.15) is 0 Å². The maximum atomic E-state index is 12.6. The summed E-state index contributed by atoms with van der Waals surface area (Å²) < 4.78 is 13.5. The minimum Gasteiger partial charge on any atom is -0.493 e. The second kappa shape index (κ2) is 8.26. The zero-order chi connectivity index (χ0) is 20.4. The molecule has 0 spiro atoms. The predicted molar refractivity (Wildman–Crippen MR) is 118 cm³/mol. The maximum Gasteiger partial charge on any atom is 0.230 e. The summed E-state index contributed by atoms with van der Waals surface area (Å²) in [5, 5.41) is 4.87. The summed E-state index contributed by atoms with van der Waals surface area (Å²) in [5.74, 6) is 1.06. The number of aromatic nitrogens is 2. The number of carbonyl (C=O) groups is 1. The summed E-state index contributed by atoms with van der Waals surface area (Å²) in [4.78, 5) is 18.1. The number of carbonyl (C=O) groups excluding carboxylic acids is 1. The van der Waals surface area contributed by atoms with Gasteiger partial charge in [0.25, 0.3) is 0 Å². The Morgan fingerprint density at radius 3 is 2.76 bits per heavy atom. The van der Waals surface area contributed by atoms with Crippen molar-refractivity contribution in [1.29, 1.82) is 0 Å². The number of fused-ring (bicyclic) bond motifs is 1. The highest BCUT2D eigenvalue weighted by Gasteiger charge is 2.14. The number of ether oxygens (including phenoxy) is 2. The lowest BCUT2D eigenvalue weighted by atomic mass is 10.2. The molecule has 0 aliphatic carbocycles. The molecule has 0 saturated carbocycles. The van der Waals surface area contributed by atoms with E-state index >= 15 is 0 Å². The van der Waals surface area contributed by atoms with E-state index < -0.39 is 0 Å². The van der Waals surface area contributed by atoms with Gasteiger partial charge in [0.15, 0.2) is 16.5 Å². The lowest BCUT2D eigenvalue weighted by Crippen LogP contribution is -2.15. The first kappa shape index (κ1) is 19.5. The summed E-state index contributed by atoms with van der Waals surface area (Å²) in [5.41, 5.74) is 3.44. The third kappa shape index (κ3) is 4.13. The molecule has 148 valence electrons. The van der Waals surface area contributed by atoms with Gasteiger partial charge in [0.2, 0.25) is 5.91 Å². The Labute approximate surface area is 180 Å². The van der Waals surface area contributed by atoms with Crippen LogP contribution in [-0.4, -0.2) is 29.5 Å². The van der Waals surface area contributed by atoms with Crippen LogP contribution in [0.4, 0.5) is 5.69 Å². The van der Waals surface area contributed by atoms with Crippen molar-refractivity contribution in [3.8, 4) is 22.8 Å². The van der Waals surface area contributed by atoms with Crippen LogP contribution in [0.2, 0.25) is 0 Å². The fourth-order valence-corrected chi connectivity index (χ4v) is 4.30. The molecule has 1 amide bonds. The molecule has 0 aliphatic heterocycles. The third-order valence-corrected chi connectivity index (χ3v) is 5.79. The van der Waals surface area contributed by atoms with Crippen LogP contribution in [0, 0.1) is 0 Å². The van der Waals surface area contributed by atoms with E-state index in [0.717, 1.165) is 26.4 Å². The van der Waals surface area contributed by atoms with Crippen LogP contribution >= 0.6 is 27.3 Å². The molecule has 0 atom stereocenters. The molecular weight excluding hydrogens is 454 g/mol. The van der Waals surface area contributed by atoms with E-state index in [-0.39, 0.29) is 12.3 Å². The Morgan fingerprint density at radius 1 is 1.17 bits per heavy atom. The average Bonchev–Trinajstić information content (AvgIpc) is 3.30.